The van der Waals surface area contributed by atoms with Crippen LogP contribution in [0, 0.1) is 0 Å². The van der Waals surface area contributed by atoms with Gasteiger partial charge in [0.1, 0.15) is 0 Å². The normalized spacial score (nSPS) is 11.7. The second-order valence-electron chi connectivity index (χ2n) is 9.70. The average Bonchev–Trinajstić information content (AvgIpc) is 3.08. The maximum atomic E-state index is 5.93. The van der Waals surface area contributed by atoms with E-state index in [1.807, 2.05) is 11.8 Å². The van der Waals surface area contributed by atoms with Crippen LogP contribution in [0.4, 0.5) is 0 Å². The Balaban J connectivity index is 1.21. The van der Waals surface area contributed by atoms with E-state index in [-0.39, 0.29) is 4.75 Å². The number of ether oxygens (including phenoxy) is 7. The number of thioether (sulfide) groups is 1. The quantitative estimate of drug-likeness (QED) is 0.0947. The number of rotatable bonds is 27. The number of hydrogen-bond donors (Lipinski definition) is 1. The van der Waals surface area contributed by atoms with Crippen LogP contribution in [-0.4, -0.2) is 105 Å². The molecule has 0 saturated carbocycles. The summed E-state index contributed by atoms with van der Waals surface area (Å²) >= 11 is 1.90. The van der Waals surface area contributed by atoms with Gasteiger partial charge >= 0.3 is 0 Å². The fourth-order valence-corrected chi connectivity index (χ4v) is 5.94. The van der Waals surface area contributed by atoms with E-state index < -0.39 is 0 Å². The van der Waals surface area contributed by atoms with Crippen molar-refractivity contribution in [2.75, 3.05) is 105 Å². The minimum Gasteiger partial charge on any atom is -0.378 e. The second kappa shape index (κ2) is 24.0. The van der Waals surface area contributed by atoms with Gasteiger partial charge in [0.2, 0.25) is 0 Å². The molecule has 0 radical (unpaired) electrons. The highest BCUT2D eigenvalue weighted by molar-refractivity contribution is 8.00. The first-order chi connectivity index (χ1) is 21.9. The molecule has 3 aromatic rings. The average molecular weight is 628 g/mol. The molecule has 0 fully saturated rings. The molecule has 3 aromatic carbocycles. The zero-order valence-corrected chi connectivity index (χ0v) is 26.6. The molecule has 9 heteroatoms. The number of benzene rings is 3. The van der Waals surface area contributed by atoms with Crippen molar-refractivity contribution in [1.82, 2.24) is 0 Å². The summed E-state index contributed by atoms with van der Waals surface area (Å²) in [4.78, 5) is 0. The third kappa shape index (κ3) is 13.8. The lowest BCUT2D eigenvalue weighted by atomic mass is 9.84. The molecule has 0 atom stereocenters. The van der Waals surface area contributed by atoms with E-state index in [1.165, 1.54) is 16.7 Å². The van der Waals surface area contributed by atoms with Crippen LogP contribution in [0.1, 0.15) is 16.7 Å². The van der Waals surface area contributed by atoms with Crippen molar-refractivity contribution in [3.63, 3.8) is 0 Å². The third-order valence-electron chi connectivity index (χ3n) is 6.58. The molecule has 0 aliphatic heterocycles. The standard InChI is InChI=1S/C35H49NO7S/c36-16-17-37-18-19-38-20-21-39-22-23-40-24-25-41-26-27-42-28-29-43-30-31-44-35(32-10-4-1-5-11-32,33-12-6-2-7-13-33)34-14-8-3-9-15-34/h1-15H,16-31,36H2. The summed E-state index contributed by atoms with van der Waals surface area (Å²) in [5.74, 6) is 0.839. The van der Waals surface area contributed by atoms with Crippen molar-refractivity contribution in [3.05, 3.63) is 108 Å². The highest BCUT2D eigenvalue weighted by Crippen LogP contribution is 2.48. The summed E-state index contributed by atoms with van der Waals surface area (Å²) < 4.78 is 38.4. The Labute approximate surface area is 267 Å². The smallest absolute Gasteiger partial charge is 0.0907 e. The van der Waals surface area contributed by atoms with Gasteiger partial charge in [0.15, 0.2) is 0 Å². The minimum absolute atomic E-state index is 0.326. The van der Waals surface area contributed by atoms with Crippen LogP contribution in [0.3, 0.4) is 0 Å². The van der Waals surface area contributed by atoms with Crippen LogP contribution in [0.2, 0.25) is 0 Å². The van der Waals surface area contributed by atoms with Crippen molar-refractivity contribution in [3.8, 4) is 0 Å². The Morgan fingerprint density at radius 2 is 0.659 bits per heavy atom. The van der Waals surface area contributed by atoms with Gasteiger partial charge in [-0.25, -0.2) is 0 Å². The fourth-order valence-electron chi connectivity index (χ4n) is 4.53. The summed E-state index contributed by atoms with van der Waals surface area (Å²) in [7, 11) is 0. The summed E-state index contributed by atoms with van der Waals surface area (Å²) in [5, 5.41) is 0. The van der Waals surface area contributed by atoms with Gasteiger partial charge in [-0.15, -0.1) is 11.8 Å². The zero-order chi connectivity index (χ0) is 30.8. The summed E-state index contributed by atoms with van der Waals surface area (Å²) in [6, 6.07) is 32.2. The van der Waals surface area contributed by atoms with Gasteiger partial charge in [0.25, 0.3) is 0 Å². The fraction of sp³-hybridized carbons (Fsp3) is 0.486. The Bertz CT molecular complexity index is 966. The zero-order valence-electron chi connectivity index (χ0n) is 25.8. The van der Waals surface area contributed by atoms with Gasteiger partial charge in [0.05, 0.1) is 97.2 Å². The van der Waals surface area contributed by atoms with Crippen molar-refractivity contribution in [2.24, 2.45) is 5.73 Å². The molecule has 44 heavy (non-hydrogen) atoms. The van der Waals surface area contributed by atoms with Crippen LogP contribution in [-0.2, 0) is 37.9 Å². The Kier molecular flexibility index (Phi) is 19.7. The molecule has 3 rings (SSSR count). The first-order valence-corrected chi connectivity index (χ1v) is 16.4. The van der Waals surface area contributed by atoms with Crippen molar-refractivity contribution in [1.29, 1.82) is 0 Å². The van der Waals surface area contributed by atoms with Gasteiger partial charge < -0.3 is 38.9 Å². The molecule has 0 aliphatic carbocycles. The van der Waals surface area contributed by atoms with E-state index in [1.54, 1.807) is 0 Å². The lowest BCUT2D eigenvalue weighted by Crippen LogP contribution is -2.26. The summed E-state index contributed by atoms with van der Waals surface area (Å²) in [5.41, 5.74) is 9.12. The molecule has 0 bridgehead atoms. The number of hydrogen-bond acceptors (Lipinski definition) is 9. The first kappa shape index (κ1) is 36.2. The maximum Gasteiger partial charge on any atom is 0.0907 e. The Morgan fingerprint density at radius 3 is 0.955 bits per heavy atom. The molecule has 0 aromatic heterocycles. The predicted octanol–water partition coefficient (Wildman–Crippen LogP) is 4.79. The molecule has 0 spiro atoms. The van der Waals surface area contributed by atoms with E-state index in [9.17, 15) is 0 Å². The molecular formula is C35H49NO7S. The molecule has 8 nitrogen and oxygen atoms in total. The van der Waals surface area contributed by atoms with Gasteiger partial charge in [-0.1, -0.05) is 91.0 Å². The second-order valence-corrected chi connectivity index (χ2v) is 11.0. The minimum atomic E-state index is -0.326. The van der Waals surface area contributed by atoms with Crippen LogP contribution < -0.4 is 5.73 Å². The summed E-state index contributed by atoms with van der Waals surface area (Å²) in [6.45, 7) is 8.13. The third-order valence-corrected chi connectivity index (χ3v) is 8.09. The van der Waals surface area contributed by atoms with E-state index in [4.69, 9.17) is 38.9 Å². The topological polar surface area (TPSA) is 90.6 Å². The lowest BCUT2D eigenvalue weighted by Gasteiger charge is -2.35. The van der Waals surface area contributed by atoms with Gasteiger partial charge in [0, 0.05) is 12.3 Å². The van der Waals surface area contributed by atoms with Crippen molar-refractivity contribution >= 4 is 11.8 Å². The SMILES string of the molecule is NCCOCCOCCOCCOCCOCCOCCOCCSC(c1ccccc1)(c1ccccc1)c1ccccc1. The molecule has 0 unspecified atom stereocenters. The van der Waals surface area contributed by atoms with Crippen LogP contribution in [0.5, 0.6) is 0 Å². The molecular weight excluding hydrogens is 578 g/mol. The van der Waals surface area contributed by atoms with Crippen LogP contribution in [0.15, 0.2) is 91.0 Å². The van der Waals surface area contributed by atoms with E-state index in [2.05, 4.69) is 91.0 Å². The van der Waals surface area contributed by atoms with Crippen molar-refractivity contribution in [2.45, 2.75) is 4.75 Å². The van der Waals surface area contributed by atoms with Crippen LogP contribution >= 0.6 is 11.8 Å². The van der Waals surface area contributed by atoms with Gasteiger partial charge in [-0.2, -0.15) is 0 Å². The Hall–Kier alpha value is -2.31. The molecule has 0 saturated heterocycles. The van der Waals surface area contributed by atoms with E-state index >= 15 is 0 Å². The van der Waals surface area contributed by atoms with Gasteiger partial charge in [-0.05, 0) is 16.7 Å². The molecule has 242 valence electrons. The maximum absolute atomic E-state index is 5.93. The molecule has 0 amide bonds. The highest BCUT2D eigenvalue weighted by Gasteiger charge is 2.36. The molecule has 0 heterocycles. The largest absolute Gasteiger partial charge is 0.378 e. The van der Waals surface area contributed by atoms with Crippen LogP contribution in [0.25, 0.3) is 0 Å². The van der Waals surface area contributed by atoms with Gasteiger partial charge in [-0.3, -0.25) is 0 Å². The van der Waals surface area contributed by atoms with E-state index in [0.29, 0.717) is 99.0 Å². The highest BCUT2D eigenvalue weighted by atomic mass is 32.2. The van der Waals surface area contributed by atoms with Crippen molar-refractivity contribution < 1.29 is 33.2 Å². The van der Waals surface area contributed by atoms with E-state index in [0.717, 1.165) is 5.75 Å². The molecule has 0 aliphatic rings. The monoisotopic (exact) mass is 627 g/mol. The first-order valence-electron chi connectivity index (χ1n) is 15.4. The predicted molar refractivity (Wildman–Crippen MR) is 176 cm³/mol. The molecule has 2 N–H and O–H groups in total. The Morgan fingerprint density at radius 1 is 0.386 bits per heavy atom. The summed E-state index contributed by atoms with van der Waals surface area (Å²) in [6.07, 6.45) is 0. The number of nitrogens with two attached hydrogens (primary N) is 1. The lowest BCUT2D eigenvalue weighted by molar-refractivity contribution is -0.0198.